The average molecular weight is 445 g/mol. The summed E-state index contributed by atoms with van der Waals surface area (Å²) in [4.78, 5) is 0. The molecule has 1 N–H and O–H groups in total. The zero-order valence-electron chi connectivity index (χ0n) is 19.0. The molecular formula is C22H45KO4S. The van der Waals surface area contributed by atoms with Crippen LogP contribution in [0.2, 0.25) is 0 Å². The Hall–Kier alpha value is 1.51. The monoisotopic (exact) mass is 444 g/mol. The Morgan fingerprint density at radius 2 is 0.964 bits per heavy atom. The third kappa shape index (κ3) is 20.8. The maximum absolute atomic E-state index is 11.0. The molecule has 0 saturated carbocycles. The van der Waals surface area contributed by atoms with Gasteiger partial charge in [0.25, 0.3) is 0 Å². The fourth-order valence-corrected chi connectivity index (χ4v) is 4.49. The number of aliphatic hydroxyl groups is 1. The van der Waals surface area contributed by atoms with Gasteiger partial charge >= 0.3 is 51.4 Å². The summed E-state index contributed by atoms with van der Waals surface area (Å²) in [5.74, 6) is 0. The van der Waals surface area contributed by atoms with Crippen molar-refractivity contribution in [2.45, 2.75) is 141 Å². The summed E-state index contributed by atoms with van der Waals surface area (Å²) >= 11 is 0. The normalized spacial score (nSPS) is 13.9. The van der Waals surface area contributed by atoms with Gasteiger partial charge in [-0.25, -0.2) is 8.42 Å². The minimum Gasteiger partial charge on any atom is -0.748 e. The third-order valence-electron chi connectivity index (χ3n) is 5.65. The standard InChI is InChI=1S/C22H46O4S.K/c1-3-21(23)19-17-15-13-11-9-7-5-6-8-10-12-14-16-18-20-22(4-2)27(24,25)26;/h21-23H,3-20H2,1-2H3,(H,24,25,26);/q;+1/p-1. The molecule has 0 saturated heterocycles. The van der Waals surface area contributed by atoms with Crippen LogP contribution in [0, 0.1) is 0 Å². The van der Waals surface area contributed by atoms with E-state index >= 15 is 0 Å². The van der Waals surface area contributed by atoms with E-state index in [2.05, 4.69) is 0 Å². The van der Waals surface area contributed by atoms with Crippen LogP contribution in [0.25, 0.3) is 0 Å². The van der Waals surface area contributed by atoms with Crippen molar-refractivity contribution < 1.29 is 69.5 Å². The predicted octanol–water partition coefficient (Wildman–Crippen LogP) is 3.33. The largest absolute Gasteiger partial charge is 1.00 e. The Labute approximate surface area is 218 Å². The van der Waals surface area contributed by atoms with Crippen molar-refractivity contribution in [2.24, 2.45) is 0 Å². The van der Waals surface area contributed by atoms with Crippen molar-refractivity contribution in [3.63, 3.8) is 0 Å². The van der Waals surface area contributed by atoms with E-state index in [1.807, 2.05) is 6.92 Å². The molecule has 0 aromatic heterocycles. The van der Waals surface area contributed by atoms with E-state index in [9.17, 15) is 18.1 Å². The van der Waals surface area contributed by atoms with Gasteiger partial charge in [0.05, 0.1) is 16.2 Å². The van der Waals surface area contributed by atoms with Gasteiger partial charge in [0.15, 0.2) is 0 Å². The zero-order chi connectivity index (χ0) is 20.4. The van der Waals surface area contributed by atoms with E-state index < -0.39 is 15.4 Å². The van der Waals surface area contributed by atoms with E-state index in [-0.39, 0.29) is 57.5 Å². The van der Waals surface area contributed by atoms with Gasteiger partial charge in [-0.15, -0.1) is 0 Å². The van der Waals surface area contributed by atoms with Crippen molar-refractivity contribution in [3.8, 4) is 0 Å². The van der Waals surface area contributed by atoms with Gasteiger partial charge in [0.1, 0.15) is 0 Å². The maximum atomic E-state index is 11.0. The van der Waals surface area contributed by atoms with Gasteiger partial charge in [-0.05, 0) is 25.7 Å². The Balaban J connectivity index is 0. The first-order valence-corrected chi connectivity index (χ1v) is 13.0. The first-order valence-electron chi connectivity index (χ1n) is 11.5. The smallest absolute Gasteiger partial charge is 0.748 e. The van der Waals surface area contributed by atoms with E-state index in [1.165, 1.54) is 70.6 Å². The molecule has 0 bridgehead atoms. The molecule has 0 spiro atoms. The van der Waals surface area contributed by atoms with Crippen LogP contribution in [-0.4, -0.2) is 29.4 Å². The van der Waals surface area contributed by atoms with Crippen LogP contribution < -0.4 is 51.4 Å². The van der Waals surface area contributed by atoms with Crippen molar-refractivity contribution in [3.05, 3.63) is 0 Å². The third-order valence-corrected chi connectivity index (χ3v) is 7.03. The fraction of sp³-hybridized carbons (Fsp3) is 1.00. The summed E-state index contributed by atoms with van der Waals surface area (Å²) in [5, 5.41) is 8.81. The van der Waals surface area contributed by atoms with E-state index in [4.69, 9.17) is 0 Å². The van der Waals surface area contributed by atoms with E-state index in [1.54, 1.807) is 6.92 Å². The van der Waals surface area contributed by atoms with Crippen molar-refractivity contribution in [1.82, 2.24) is 0 Å². The molecule has 0 rings (SSSR count). The number of rotatable bonds is 20. The molecule has 0 radical (unpaired) electrons. The molecule has 0 amide bonds. The van der Waals surface area contributed by atoms with Gasteiger partial charge in [0.2, 0.25) is 0 Å². The number of hydrogen-bond acceptors (Lipinski definition) is 4. The van der Waals surface area contributed by atoms with Crippen LogP contribution in [0.4, 0.5) is 0 Å². The van der Waals surface area contributed by atoms with Gasteiger partial charge in [-0.3, -0.25) is 0 Å². The van der Waals surface area contributed by atoms with Gasteiger partial charge < -0.3 is 9.66 Å². The molecule has 0 aromatic carbocycles. The number of aliphatic hydroxyl groups excluding tert-OH is 1. The topological polar surface area (TPSA) is 77.4 Å². The maximum Gasteiger partial charge on any atom is 1.00 e. The minimum atomic E-state index is -4.10. The average Bonchev–Trinajstić information content (AvgIpc) is 2.63. The van der Waals surface area contributed by atoms with Crippen LogP contribution in [0.5, 0.6) is 0 Å². The molecular weight excluding hydrogens is 399 g/mol. The van der Waals surface area contributed by atoms with Crippen molar-refractivity contribution in [2.75, 3.05) is 0 Å². The summed E-state index contributed by atoms with van der Waals surface area (Å²) in [6.07, 6.45) is 20.0. The summed E-state index contributed by atoms with van der Waals surface area (Å²) in [7, 11) is -4.10. The molecule has 164 valence electrons. The number of hydrogen-bond donors (Lipinski definition) is 1. The van der Waals surface area contributed by atoms with Gasteiger partial charge in [-0.2, -0.15) is 0 Å². The minimum absolute atomic E-state index is 0. The molecule has 6 heteroatoms. The van der Waals surface area contributed by atoms with Crippen LogP contribution in [0.15, 0.2) is 0 Å². The van der Waals surface area contributed by atoms with E-state index in [0.29, 0.717) is 12.8 Å². The fourth-order valence-electron chi connectivity index (χ4n) is 3.63. The molecule has 28 heavy (non-hydrogen) atoms. The first kappa shape index (κ1) is 31.7. The van der Waals surface area contributed by atoms with Gasteiger partial charge in [-0.1, -0.05) is 104 Å². The Morgan fingerprint density at radius 1 is 0.643 bits per heavy atom. The van der Waals surface area contributed by atoms with Crippen molar-refractivity contribution in [1.29, 1.82) is 0 Å². The summed E-state index contributed by atoms with van der Waals surface area (Å²) < 4.78 is 33.0. The van der Waals surface area contributed by atoms with Gasteiger partial charge in [0, 0.05) is 5.25 Å². The van der Waals surface area contributed by atoms with Crippen LogP contribution in [0.1, 0.15) is 129 Å². The van der Waals surface area contributed by atoms with Crippen LogP contribution in [0.3, 0.4) is 0 Å². The van der Waals surface area contributed by atoms with Crippen molar-refractivity contribution >= 4 is 10.1 Å². The first-order chi connectivity index (χ1) is 12.9. The molecule has 0 fully saturated rings. The summed E-state index contributed by atoms with van der Waals surface area (Å²) in [6.45, 7) is 3.82. The molecule has 0 aromatic rings. The molecule has 0 heterocycles. The molecule has 0 aliphatic rings. The van der Waals surface area contributed by atoms with Crippen LogP contribution in [-0.2, 0) is 10.1 Å². The second-order valence-corrected chi connectivity index (χ2v) is 9.76. The molecule has 0 aliphatic heterocycles. The molecule has 2 unspecified atom stereocenters. The Kier molecular flexibility index (Phi) is 24.6. The Bertz CT molecular complexity index is 415. The second-order valence-electron chi connectivity index (χ2n) is 8.11. The molecule has 4 nitrogen and oxygen atoms in total. The summed E-state index contributed by atoms with van der Waals surface area (Å²) in [6, 6.07) is 0. The zero-order valence-corrected chi connectivity index (χ0v) is 22.9. The Morgan fingerprint density at radius 3 is 1.25 bits per heavy atom. The van der Waals surface area contributed by atoms with E-state index in [0.717, 1.165) is 32.1 Å². The quantitative estimate of drug-likeness (QED) is 0.177. The number of unbranched alkanes of at least 4 members (excludes halogenated alkanes) is 13. The summed E-state index contributed by atoms with van der Waals surface area (Å²) in [5.41, 5.74) is 0. The predicted molar refractivity (Wildman–Crippen MR) is 114 cm³/mol. The molecule has 2 atom stereocenters. The van der Waals surface area contributed by atoms with Crippen LogP contribution >= 0.6 is 0 Å². The second kappa shape index (κ2) is 21.7. The molecule has 0 aliphatic carbocycles. The SMILES string of the molecule is CCC(O)CCCCCCCCCCCCCCCCC(CC)S(=O)(=O)[O-].[K+].